The van der Waals surface area contributed by atoms with E-state index >= 15 is 0 Å². The average molecular weight is 335 g/mol. The number of amides is 1. The topological polar surface area (TPSA) is 63.5 Å². The van der Waals surface area contributed by atoms with E-state index in [0.29, 0.717) is 11.1 Å². The third-order valence-corrected chi connectivity index (χ3v) is 4.37. The number of anilines is 2. The molecule has 3 rings (SSSR count). The van der Waals surface area contributed by atoms with Crippen molar-refractivity contribution in [3.8, 4) is 6.07 Å². The first-order chi connectivity index (χ1) is 12.1. The van der Waals surface area contributed by atoms with Gasteiger partial charge in [0.25, 0.3) is 5.91 Å². The van der Waals surface area contributed by atoms with Gasteiger partial charge in [0.15, 0.2) is 0 Å². The molecule has 0 N–H and O–H groups in total. The summed E-state index contributed by atoms with van der Waals surface area (Å²) in [6.45, 7) is 3.53. The van der Waals surface area contributed by atoms with Crippen LogP contribution >= 0.6 is 0 Å². The smallest absolute Gasteiger partial charge is 0.254 e. The van der Waals surface area contributed by atoms with Crippen molar-refractivity contribution < 1.29 is 4.79 Å². The van der Waals surface area contributed by atoms with E-state index in [2.05, 4.69) is 20.9 Å². The summed E-state index contributed by atoms with van der Waals surface area (Å²) in [5.41, 5.74) is 2.42. The quantitative estimate of drug-likeness (QED) is 0.858. The first-order valence-corrected chi connectivity index (χ1v) is 8.26. The SMILES string of the molecule is CN(C)C(=O)c1ccc(N2CCN(c3ccc(C#N)cc3)CC2)nc1. The summed E-state index contributed by atoms with van der Waals surface area (Å²) < 4.78 is 0. The average Bonchev–Trinajstić information content (AvgIpc) is 2.67. The molecule has 6 nitrogen and oxygen atoms in total. The Bertz CT molecular complexity index is 769. The Balaban J connectivity index is 1.62. The van der Waals surface area contributed by atoms with E-state index in [1.165, 1.54) is 0 Å². The van der Waals surface area contributed by atoms with Gasteiger partial charge in [-0.2, -0.15) is 5.26 Å². The van der Waals surface area contributed by atoms with Gasteiger partial charge in [-0.05, 0) is 36.4 Å². The van der Waals surface area contributed by atoms with Gasteiger partial charge in [-0.1, -0.05) is 0 Å². The summed E-state index contributed by atoms with van der Waals surface area (Å²) in [7, 11) is 3.47. The highest BCUT2D eigenvalue weighted by molar-refractivity contribution is 5.93. The van der Waals surface area contributed by atoms with Gasteiger partial charge in [-0.15, -0.1) is 0 Å². The third kappa shape index (κ3) is 3.72. The highest BCUT2D eigenvalue weighted by Crippen LogP contribution is 2.20. The number of hydrogen-bond donors (Lipinski definition) is 0. The van der Waals surface area contributed by atoms with Crippen LogP contribution in [0.1, 0.15) is 15.9 Å². The van der Waals surface area contributed by atoms with Crippen LogP contribution in [0.2, 0.25) is 0 Å². The second-order valence-corrected chi connectivity index (χ2v) is 6.24. The fraction of sp³-hybridized carbons (Fsp3) is 0.316. The minimum atomic E-state index is -0.0373. The van der Waals surface area contributed by atoms with Gasteiger partial charge in [0.1, 0.15) is 5.82 Å². The molecule has 0 aliphatic carbocycles. The zero-order valence-electron chi connectivity index (χ0n) is 14.5. The summed E-state index contributed by atoms with van der Waals surface area (Å²) in [5, 5.41) is 8.88. The highest BCUT2D eigenvalue weighted by Gasteiger charge is 2.19. The van der Waals surface area contributed by atoms with Crippen LogP contribution in [-0.2, 0) is 0 Å². The van der Waals surface area contributed by atoms with Gasteiger partial charge in [-0.3, -0.25) is 4.79 Å². The van der Waals surface area contributed by atoms with Crippen LogP contribution in [0, 0.1) is 11.3 Å². The third-order valence-electron chi connectivity index (χ3n) is 4.37. The van der Waals surface area contributed by atoms with Crippen molar-refractivity contribution in [1.29, 1.82) is 5.26 Å². The minimum Gasteiger partial charge on any atom is -0.368 e. The molecule has 0 atom stereocenters. The van der Waals surface area contributed by atoms with Crippen LogP contribution < -0.4 is 9.80 Å². The van der Waals surface area contributed by atoms with E-state index in [-0.39, 0.29) is 5.91 Å². The van der Waals surface area contributed by atoms with Crippen molar-refractivity contribution in [2.75, 3.05) is 50.1 Å². The molecule has 0 spiro atoms. The number of hydrogen-bond acceptors (Lipinski definition) is 5. The van der Waals surface area contributed by atoms with Crippen molar-refractivity contribution in [2.24, 2.45) is 0 Å². The van der Waals surface area contributed by atoms with Crippen LogP contribution in [0.15, 0.2) is 42.6 Å². The van der Waals surface area contributed by atoms with E-state index in [1.54, 1.807) is 25.2 Å². The van der Waals surface area contributed by atoms with E-state index in [9.17, 15) is 4.79 Å². The maximum atomic E-state index is 11.9. The predicted molar refractivity (Wildman–Crippen MR) is 97.8 cm³/mol. The largest absolute Gasteiger partial charge is 0.368 e. The fourth-order valence-corrected chi connectivity index (χ4v) is 2.90. The van der Waals surface area contributed by atoms with Crippen LogP contribution in [-0.4, -0.2) is 56.1 Å². The molecule has 1 aromatic carbocycles. The summed E-state index contributed by atoms with van der Waals surface area (Å²) in [5.74, 6) is 0.861. The number of piperazine rings is 1. The molecule has 25 heavy (non-hydrogen) atoms. The summed E-state index contributed by atoms with van der Waals surface area (Å²) >= 11 is 0. The standard InChI is InChI=1S/C19H21N5O/c1-22(2)19(25)16-5-8-18(21-14-16)24-11-9-23(10-12-24)17-6-3-15(13-20)4-7-17/h3-8,14H,9-12H2,1-2H3. The van der Waals surface area contributed by atoms with Crippen molar-refractivity contribution in [1.82, 2.24) is 9.88 Å². The zero-order valence-corrected chi connectivity index (χ0v) is 14.5. The van der Waals surface area contributed by atoms with E-state index < -0.39 is 0 Å². The van der Waals surface area contributed by atoms with Crippen molar-refractivity contribution >= 4 is 17.4 Å². The van der Waals surface area contributed by atoms with Crippen LogP contribution in [0.3, 0.4) is 0 Å². The van der Waals surface area contributed by atoms with Crippen LogP contribution in [0.4, 0.5) is 11.5 Å². The highest BCUT2D eigenvalue weighted by atomic mass is 16.2. The molecular formula is C19H21N5O. The Morgan fingerprint density at radius 1 is 1.04 bits per heavy atom. The number of carbonyl (C=O) groups is 1. The molecule has 0 radical (unpaired) electrons. The van der Waals surface area contributed by atoms with Crippen molar-refractivity contribution in [3.05, 3.63) is 53.7 Å². The lowest BCUT2D eigenvalue weighted by molar-refractivity contribution is 0.0827. The Morgan fingerprint density at radius 2 is 1.68 bits per heavy atom. The van der Waals surface area contributed by atoms with Gasteiger partial charge >= 0.3 is 0 Å². The molecule has 2 heterocycles. The molecular weight excluding hydrogens is 314 g/mol. The molecule has 0 saturated carbocycles. The molecule has 1 fully saturated rings. The second kappa shape index (κ2) is 7.22. The first kappa shape index (κ1) is 16.8. The predicted octanol–water partition coefficient (Wildman–Crippen LogP) is 1.98. The summed E-state index contributed by atoms with van der Waals surface area (Å²) in [6, 6.07) is 13.6. The molecule has 6 heteroatoms. The van der Waals surface area contributed by atoms with Gasteiger partial charge in [-0.25, -0.2) is 4.98 Å². The summed E-state index contributed by atoms with van der Waals surface area (Å²) in [4.78, 5) is 22.5. The molecule has 1 aromatic heterocycles. The number of pyridine rings is 1. The Labute approximate surface area is 147 Å². The monoisotopic (exact) mass is 335 g/mol. The number of rotatable bonds is 3. The molecule has 0 bridgehead atoms. The Hall–Kier alpha value is -3.07. The van der Waals surface area contributed by atoms with Crippen molar-refractivity contribution in [3.63, 3.8) is 0 Å². The minimum absolute atomic E-state index is 0.0373. The first-order valence-electron chi connectivity index (χ1n) is 8.26. The van der Waals surface area contributed by atoms with Gasteiger partial charge < -0.3 is 14.7 Å². The Kier molecular flexibility index (Phi) is 4.85. The van der Waals surface area contributed by atoms with Gasteiger partial charge in [0.05, 0.1) is 17.2 Å². The molecule has 2 aromatic rings. The molecule has 128 valence electrons. The molecule has 0 unspecified atom stereocenters. The number of aromatic nitrogens is 1. The van der Waals surface area contributed by atoms with E-state index in [4.69, 9.17) is 5.26 Å². The van der Waals surface area contributed by atoms with E-state index in [1.807, 2.05) is 36.4 Å². The van der Waals surface area contributed by atoms with Crippen molar-refractivity contribution in [2.45, 2.75) is 0 Å². The lowest BCUT2D eigenvalue weighted by Gasteiger charge is -2.36. The van der Waals surface area contributed by atoms with Gasteiger partial charge in [0, 0.05) is 52.2 Å². The Morgan fingerprint density at radius 3 is 2.20 bits per heavy atom. The molecule has 1 aliphatic rings. The maximum absolute atomic E-state index is 11.9. The molecule has 1 aliphatic heterocycles. The maximum Gasteiger partial charge on any atom is 0.254 e. The normalized spacial score (nSPS) is 14.1. The number of nitriles is 1. The van der Waals surface area contributed by atoms with Gasteiger partial charge in [0.2, 0.25) is 0 Å². The number of benzene rings is 1. The molecule has 1 saturated heterocycles. The lowest BCUT2D eigenvalue weighted by Crippen LogP contribution is -2.46. The number of nitrogens with zero attached hydrogens (tertiary/aromatic N) is 5. The zero-order chi connectivity index (χ0) is 17.8. The number of carbonyl (C=O) groups excluding carboxylic acids is 1. The van der Waals surface area contributed by atoms with Crippen LogP contribution in [0.25, 0.3) is 0 Å². The molecule has 1 amide bonds. The van der Waals surface area contributed by atoms with Crippen LogP contribution in [0.5, 0.6) is 0 Å². The fourth-order valence-electron chi connectivity index (χ4n) is 2.90. The van der Waals surface area contributed by atoms with E-state index in [0.717, 1.165) is 37.7 Å². The lowest BCUT2D eigenvalue weighted by atomic mass is 10.2. The summed E-state index contributed by atoms with van der Waals surface area (Å²) in [6.07, 6.45) is 1.64. The second-order valence-electron chi connectivity index (χ2n) is 6.24.